The van der Waals surface area contributed by atoms with Gasteiger partial charge in [-0.1, -0.05) is 18.2 Å². The average Bonchev–Trinajstić information content (AvgIpc) is 3.00. The summed E-state index contributed by atoms with van der Waals surface area (Å²) in [7, 11) is 1.65. The highest BCUT2D eigenvalue weighted by molar-refractivity contribution is 7.97. The minimum atomic E-state index is -0.676. The summed E-state index contributed by atoms with van der Waals surface area (Å²) < 4.78 is 9.67. The van der Waals surface area contributed by atoms with Crippen LogP contribution in [0.2, 0.25) is 0 Å². The molecule has 1 heterocycles. The van der Waals surface area contributed by atoms with Crippen molar-refractivity contribution in [1.82, 2.24) is 0 Å². The Hall–Kier alpha value is -1.68. The van der Waals surface area contributed by atoms with E-state index in [1.54, 1.807) is 6.07 Å². The van der Waals surface area contributed by atoms with Gasteiger partial charge in [-0.3, -0.25) is 0 Å². The quantitative estimate of drug-likeness (QED) is 0.480. The molecule has 0 spiro atoms. The molecule has 1 aliphatic heterocycles. The van der Waals surface area contributed by atoms with Crippen molar-refractivity contribution in [3.63, 3.8) is 0 Å². The number of methoxy groups -OCH3 is 1. The summed E-state index contributed by atoms with van der Waals surface area (Å²) in [5, 5.41) is 2.39. The maximum absolute atomic E-state index is 11.2. The second kappa shape index (κ2) is 5.75. The molecule has 0 unspecified atom stereocenters. The van der Waals surface area contributed by atoms with Crippen molar-refractivity contribution in [2.24, 2.45) is 0 Å². The number of rotatable bonds is 2. The molecule has 4 heteroatoms. The first-order chi connectivity index (χ1) is 9.78. The fourth-order valence-electron chi connectivity index (χ4n) is 2.55. The highest BCUT2D eigenvalue weighted by atomic mass is 32.2. The Balaban J connectivity index is 2.01. The van der Waals surface area contributed by atoms with Gasteiger partial charge in [0, 0.05) is 16.3 Å². The molecule has 0 N–H and O–H groups in total. The summed E-state index contributed by atoms with van der Waals surface area (Å²) >= 11 is 0. The minimum absolute atomic E-state index is 0.340. The van der Waals surface area contributed by atoms with Crippen molar-refractivity contribution in [2.45, 2.75) is 17.7 Å². The van der Waals surface area contributed by atoms with Gasteiger partial charge in [-0.2, -0.15) is 0 Å². The summed E-state index contributed by atoms with van der Waals surface area (Å²) in [6.45, 7) is 0. The van der Waals surface area contributed by atoms with Gasteiger partial charge in [0.2, 0.25) is 0 Å². The summed E-state index contributed by atoms with van der Waals surface area (Å²) in [6.07, 6.45) is 1.96. The predicted molar refractivity (Wildman–Crippen MR) is 81.6 cm³/mol. The van der Waals surface area contributed by atoms with Crippen molar-refractivity contribution < 1.29 is 14.3 Å². The second-order valence-electron chi connectivity index (χ2n) is 4.80. The Kier molecular flexibility index (Phi) is 3.83. The van der Waals surface area contributed by atoms with Crippen LogP contribution in [0.15, 0.2) is 41.3 Å². The molecule has 20 heavy (non-hydrogen) atoms. The molecule has 2 aromatic rings. The lowest BCUT2D eigenvalue weighted by Crippen LogP contribution is -2.08. The zero-order chi connectivity index (χ0) is 13.9. The van der Waals surface area contributed by atoms with Gasteiger partial charge in [0.05, 0.1) is 7.11 Å². The Labute approximate surface area is 121 Å². The van der Waals surface area contributed by atoms with Gasteiger partial charge < -0.3 is 9.47 Å². The van der Waals surface area contributed by atoms with Gasteiger partial charge in [0.15, 0.2) is 4.90 Å². The summed E-state index contributed by atoms with van der Waals surface area (Å²) in [6, 6.07) is 12.2. The van der Waals surface area contributed by atoms with Gasteiger partial charge in [0.25, 0.3) is 0 Å². The van der Waals surface area contributed by atoms with E-state index < -0.39 is 6.16 Å². The lowest BCUT2D eigenvalue weighted by Gasteiger charge is -2.07. The monoisotopic (exact) mass is 289 g/mol. The smallest absolute Gasteiger partial charge is 0.437 e. The molecule has 1 fully saturated rings. The molecule has 0 bridgehead atoms. The SMILES string of the molecule is COC(=O)Oc1ccc2cccc([S+]3CCCC3)c2c1. The van der Waals surface area contributed by atoms with Crippen molar-refractivity contribution >= 4 is 27.8 Å². The third-order valence-electron chi connectivity index (χ3n) is 3.52. The molecule has 0 aromatic heterocycles. The molecule has 2 aromatic carbocycles. The number of ether oxygens (including phenoxy) is 2. The number of fused-ring (bicyclic) bond motifs is 1. The molecular weight excluding hydrogens is 272 g/mol. The normalized spacial score (nSPS) is 15.4. The van der Waals surface area contributed by atoms with E-state index in [1.165, 1.54) is 47.1 Å². The Bertz CT molecular complexity index is 633. The van der Waals surface area contributed by atoms with Gasteiger partial charge in [-0.15, -0.1) is 0 Å². The summed E-state index contributed by atoms with van der Waals surface area (Å²) in [4.78, 5) is 12.6. The maximum Gasteiger partial charge on any atom is 0.513 e. The van der Waals surface area contributed by atoms with E-state index in [0.29, 0.717) is 16.6 Å². The van der Waals surface area contributed by atoms with Crippen LogP contribution in [0.25, 0.3) is 10.8 Å². The van der Waals surface area contributed by atoms with Gasteiger partial charge in [-0.05, 0) is 36.4 Å². The molecule has 104 valence electrons. The molecular formula is C16H17O3S+. The van der Waals surface area contributed by atoms with Crippen LogP contribution in [0.1, 0.15) is 12.8 Å². The highest BCUT2D eigenvalue weighted by Crippen LogP contribution is 2.31. The fraction of sp³-hybridized carbons (Fsp3) is 0.312. The number of hydrogen-bond donors (Lipinski definition) is 0. The zero-order valence-corrected chi connectivity index (χ0v) is 12.2. The first-order valence-corrected chi connectivity index (χ1v) is 8.30. The minimum Gasteiger partial charge on any atom is -0.437 e. The lowest BCUT2D eigenvalue weighted by atomic mass is 10.1. The molecule has 3 rings (SSSR count). The average molecular weight is 289 g/mol. The number of carbonyl (C=O) groups excluding carboxylic acids is 1. The van der Waals surface area contributed by atoms with Crippen molar-refractivity contribution in [3.05, 3.63) is 36.4 Å². The van der Waals surface area contributed by atoms with Gasteiger partial charge >= 0.3 is 6.16 Å². The van der Waals surface area contributed by atoms with Crippen LogP contribution >= 0.6 is 0 Å². The van der Waals surface area contributed by atoms with Gasteiger partial charge in [0.1, 0.15) is 17.3 Å². The van der Waals surface area contributed by atoms with Crippen molar-refractivity contribution in [3.8, 4) is 5.75 Å². The second-order valence-corrected chi connectivity index (χ2v) is 7.05. The summed E-state index contributed by atoms with van der Waals surface area (Å²) in [5.74, 6) is 3.10. The standard InChI is InChI=1S/C16H17O3S/c1-18-16(17)19-13-8-7-12-5-4-6-15(14(12)11-13)20-9-2-3-10-20/h4-8,11H,2-3,9-10H2,1H3/q+1. The lowest BCUT2D eigenvalue weighted by molar-refractivity contribution is 0.121. The Morgan fingerprint density at radius 2 is 1.95 bits per heavy atom. The van der Waals surface area contributed by atoms with E-state index in [4.69, 9.17) is 4.74 Å². The van der Waals surface area contributed by atoms with E-state index in [-0.39, 0.29) is 0 Å². The van der Waals surface area contributed by atoms with Crippen LogP contribution in [0.5, 0.6) is 5.75 Å². The zero-order valence-electron chi connectivity index (χ0n) is 11.4. The molecule has 0 radical (unpaired) electrons. The van der Waals surface area contributed by atoms with Crippen LogP contribution < -0.4 is 4.74 Å². The first kappa shape index (κ1) is 13.3. The maximum atomic E-state index is 11.2. The molecule has 0 atom stereocenters. The van der Waals surface area contributed by atoms with E-state index in [1.807, 2.05) is 12.1 Å². The van der Waals surface area contributed by atoms with Crippen LogP contribution in [0, 0.1) is 0 Å². The predicted octanol–water partition coefficient (Wildman–Crippen LogP) is 3.76. The van der Waals surface area contributed by atoms with Crippen molar-refractivity contribution in [2.75, 3.05) is 18.6 Å². The number of carbonyl (C=O) groups is 1. The number of hydrogen-bond acceptors (Lipinski definition) is 3. The molecule has 3 nitrogen and oxygen atoms in total. The third-order valence-corrected chi connectivity index (χ3v) is 6.06. The molecule has 1 aliphatic rings. The van der Waals surface area contributed by atoms with Gasteiger partial charge in [-0.25, -0.2) is 4.79 Å². The Morgan fingerprint density at radius 1 is 1.15 bits per heavy atom. The Morgan fingerprint density at radius 3 is 2.70 bits per heavy atom. The van der Waals surface area contributed by atoms with Crippen LogP contribution in [0.4, 0.5) is 4.79 Å². The molecule has 0 amide bonds. The molecule has 0 aliphatic carbocycles. The fourth-order valence-corrected chi connectivity index (χ4v) is 5.06. The third kappa shape index (κ3) is 2.61. The van der Waals surface area contributed by atoms with Crippen LogP contribution in [-0.2, 0) is 15.6 Å². The van der Waals surface area contributed by atoms with Crippen LogP contribution in [0.3, 0.4) is 0 Å². The highest BCUT2D eigenvalue weighted by Gasteiger charge is 2.28. The molecule has 1 saturated heterocycles. The van der Waals surface area contributed by atoms with E-state index in [9.17, 15) is 4.79 Å². The van der Waals surface area contributed by atoms with Crippen LogP contribution in [-0.4, -0.2) is 24.8 Å². The topological polar surface area (TPSA) is 35.5 Å². The molecule has 0 saturated carbocycles. The number of benzene rings is 2. The van der Waals surface area contributed by atoms with E-state index >= 15 is 0 Å². The summed E-state index contributed by atoms with van der Waals surface area (Å²) in [5.41, 5.74) is 0. The van der Waals surface area contributed by atoms with Crippen molar-refractivity contribution in [1.29, 1.82) is 0 Å². The van der Waals surface area contributed by atoms with E-state index in [2.05, 4.69) is 22.9 Å². The van der Waals surface area contributed by atoms with E-state index in [0.717, 1.165) is 0 Å². The largest absolute Gasteiger partial charge is 0.513 e. The first-order valence-electron chi connectivity index (χ1n) is 6.74.